The van der Waals surface area contributed by atoms with Crippen LogP contribution in [-0.2, 0) is 14.8 Å². The number of sulfonamides is 1. The van der Waals surface area contributed by atoms with E-state index in [-0.39, 0.29) is 17.3 Å². The lowest BCUT2D eigenvalue weighted by Crippen LogP contribution is -2.41. The van der Waals surface area contributed by atoms with Crippen molar-refractivity contribution in [3.05, 3.63) is 70.8 Å². The second-order valence-electron chi connectivity index (χ2n) is 8.38. The minimum Gasteiger partial charge on any atom is -0.354 e. The van der Waals surface area contributed by atoms with Gasteiger partial charge in [0.15, 0.2) is 0 Å². The Labute approximate surface area is 186 Å². The zero-order valence-electron chi connectivity index (χ0n) is 18.6. The van der Waals surface area contributed by atoms with Crippen LogP contribution in [0.2, 0.25) is 0 Å². The molecule has 0 atom stereocenters. The number of allylic oxidation sites excluding steroid dienone is 1. The third-order valence-electron chi connectivity index (χ3n) is 5.54. The van der Waals surface area contributed by atoms with Gasteiger partial charge in [-0.25, -0.2) is 8.42 Å². The monoisotopic (exact) mass is 440 g/mol. The fourth-order valence-electron chi connectivity index (χ4n) is 3.93. The van der Waals surface area contributed by atoms with E-state index in [1.165, 1.54) is 22.7 Å². The molecule has 0 aliphatic heterocycles. The van der Waals surface area contributed by atoms with Crippen molar-refractivity contribution in [3.63, 3.8) is 0 Å². The number of carbonyl (C=O) groups is 1. The molecule has 0 saturated heterocycles. The van der Waals surface area contributed by atoms with Crippen molar-refractivity contribution in [3.8, 4) is 0 Å². The smallest absolute Gasteiger partial charge is 0.264 e. The van der Waals surface area contributed by atoms with E-state index in [4.69, 9.17) is 0 Å². The molecular formula is C25H32N2O3S. The molecule has 0 spiro atoms. The number of anilines is 1. The van der Waals surface area contributed by atoms with Crippen molar-refractivity contribution in [2.24, 2.45) is 0 Å². The summed E-state index contributed by atoms with van der Waals surface area (Å²) < 4.78 is 28.1. The fraction of sp³-hybridized carbons (Fsp3) is 0.400. The second-order valence-corrected chi connectivity index (χ2v) is 10.2. The Hall–Kier alpha value is -2.60. The summed E-state index contributed by atoms with van der Waals surface area (Å²) >= 11 is 0. The van der Waals surface area contributed by atoms with E-state index in [1.807, 2.05) is 26.8 Å². The molecule has 1 aliphatic rings. The largest absolute Gasteiger partial charge is 0.354 e. The van der Waals surface area contributed by atoms with E-state index < -0.39 is 10.0 Å². The van der Waals surface area contributed by atoms with Gasteiger partial charge < -0.3 is 5.32 Å². The van der Waals surface area contributed by atoms with Gasteiger partial charge in [-0.1, -0.05) is 35.4 Å². The highest BCUT2D eigenvalue weighted by atomic mass is 32.2. The van der Waals surface area contributed by atoms with E-state index in [1.54, 1.807) is 36.4 Å². The minimum absolute atomic E-state index is 0.178. The van der Waals surface area contributed by atoms with Gasteiger partial charge in [0.05, 0.1) is 10.6 Å². The quantitative estimate of drug-likeness (QED) is 0.599. The summed E-state index contributed by atoms with van der Waals surface area (Å²) in [5.74, 6) is -0.300. The molecule has 1 aliphatic carbocycles. The van der Waals surface area contributed by atoms with Gasteiger partial charge in [-0.3, -0.25) is 9.10 Å². The first-order chi connectivity index (χ1) is 14.8. The van der Waals surface area contributed by atoms with Crippen molar-refractivity contribution >= 4 is 21.6 Å². The topological polar surface area (TPSA) is 66.5 Å². The molecule has 3 rings (SSSR count). The van der Waals surface area contributed by atoms with Crippen molar-refractivity contribution in [2.45, 2.75) is 57.8 Å². The molecule has 5 nitrogen and oxygen atoms in total. The van der Waals surface area contributed by atoms with E-state index in [0.717, 1.165) is 36.0 Å². The lowest BCUT2D eigenvalue weighted by Gasteiger charge is -2.25. The number of nitrogens with zero attached hydrogens (tertiary/aromatic N) is 1. The lowest BCUT2D eigenvalue weighted by molar-refractivity contribution is -0.119. The summed E-state index contributed by atoms with van der Waals surface area (Å²) in [6, 6.07) is 12.3. The van der Waals surface area contributed by atoms with E-state index in [9.17, 15) is 13.2 Å². The standard InChI is InChI=1S/C25H32N2O3S/c1-19-9-11-24(12-10-19)31(29,30)27(23-16-20(2)15-21(3)17-23)18-25(28)26-14-13-22-7-5-4-6-8-22/h7,9-12,15-17H,4-6,8,13-14,18H2,1-3H3,(H,26,28). The number of amides is 1. The molecule has 6 heteroatoms. The summed E-state index contributed by atoms with van der Waals surface area (Å²) in [7, 11) is -3.88. The van der Waals surface area contributed by atoms with Crippen molar-refractivity contribution in [1.29, 1.82) is 0 Å². The fourth-order valence-corrected chi connectivity index (χ4v) is 5.33. The van der Waals surface area contributed by atoms with E-state index in [0.29, 0.717) is 12.2 Å². The summed E-state index contributed by atoms with van der Waals surface area (Å²) in [4.78, 5) is 12.9. The molecule has 31 heavy (non-hydrogen) atoms. The van der Waals surface area contributed by atoms with Gasteiger partial charge in [0.1, 0.15) is 6.54 Å². The van der Waals surface area contributed by atoms with E-state index >= 15 is 0 Å². The minimum atomic E-state index is -3.88. The molecule has 0 aromatic heterocycles. The molecule has 2 aromatic rings. The number of nitrogens with one attached hydrogen (secondary N) is 1. The summed E-state index contributed by atoms with van der Waals surface area (Å²) in [5.41, 5.74) is 4.76. The Kier molecular flexibility index (Phi) is 7.55. The Morgan fingerprint density at radius 1 is 0.968 bits per heavy atom. The maximum Gasteiger partial charge on any atom is 0.264 e. The number of hydrogen-bond donors (Lipinski definition) is 1. The predicted octanol–water partition coefficient (Wildman–Crippen LogP) is 4.81. The molecule has 0 bridgehead atoms. The maximum atomic E-state index is 13.5. The molecule has 0 fully saturated rings. The van der Waals surface area contributed by atoms with Gasteiger partial charge in [0.25, 0.3) is 10.0 Å². The van der Waals surface area contributed by atoms with E-state index in [2.05, 4.69) is 11.4 Å². The molecule has 0 unspecified atom stereocenters. The van der Waals surface area contributed by atoms with Crippen LogP contribution in [0, 0.1) is 20.8 Å². The average molecular weight is 441 g/mol. The first kappa shape index (κ1) is 23.1. The summed E-state index contributed by atoms with van der Waals surface area (Å²) in [5, 5.41) is 2.91. The first-order valence-electron chi connectivity index (χ1n) is 10.9. The van der Waals surface area contributed by atoms with Crippen LogP contribution in [-0.4, -0.2) is 27.4 Å². The van der Waals surface area contributed by atoms with Gasteiger partial charge in [-0.05, 0) is 88.3 Å². The SMILES string of the molecule is Cc1ccc(S(=O)(=O)N(CC(=O)NCCC2=CCCCC2)c2cc(C)cc(C)c2)cc1. The highest BCUT2D eigenvalue weighted by molar-refractivity contribution is 7.92. The van der Waals surface area contributed by atoms with Crippen molar-refractivity contribution in [2.75, 3.05) is 17.4 Å². The second kappa shape index (κ2) is 10.1. The van der Waals surface area contributed by atoms with Crippen molar-refractivity contribution < 1.29 is 13.2 Å². The number of hydrogen-bond acceptors (Lipinski definition) is 3. The van der Waals surface area contributed by atoms with Crippen LogP contribution in [0.1, 0.15) is 48.8 Å². The number of benzene rings is 2. The van der Waals surface area contributed by atoms with Crippen LogP contribution in [0.25, 0.3) is 0 Å². The van der Waals surface area contributed by atoms with Gasteiger partial charge >= 0.3 is 0 Å². The van der Waals surface area contributed by atoms with Gasteiger partial charge in [0.2, 0.25) is 5.91 Å². The average Bonchev–Trinajstić information content (AvgIpc) is 2.72. The molecule has 0 radical (unpaired) electrons. The zero-order valence-corrected chi connectivity index (χ0v) is 19.5. The first-order valence-corrected chi connectivity index (χ1v) is 12.3. The molecule has 166 valence electrons. The molecule has 0 heterocycles. The van der Waals surface area contributed by atoms with Crippen LogP contribution < -0.4 is 9.62 Å². The molecule has 0 saturated carbocycles. The predicted molar refractivity (Wildman–Crippen MR) is 126 cm³/mol. The maximum absolute atomic E-state index is 13.5. The van der Waals surface area contributed by atoms with Crippen LogP contribution in [0.15, 0.2) is 59.0 Å². The van der Waals surface area contributed by atoms with Crippen LogP contribution in [0.4, 0.5) is 5.69 Å². The highest BCUT2D eigenvalue weighted by Crippen LogP contribution is 2.26. The van der Waals surface area contributed by atoms with Crippen LogP contribution in [0.5, 0.6) is 0 Å². The van der Waals surface area contributed by atoms with Gasteiger partial charge in [0, 0.05) is 6.54 Å². The van der Waals surface area contributed by atoms with Gasteiger partial charge in [-0.2, -0.15) is 0 Å². The Balaban J connectivity index is 1.81. The van der Waals surface area contributed by atoms with Gasteiger partial charge in [-0.15, -0.1) is 0 Å². The van der Waals surface area contributed by atoms with Crippen molar-refractivity contribution in [1.82, 2.24) is 5.32 Å². The third-order valence-corrected chi connectivity index (χ3v) is 7.33. The summed E-state index contributed by atoms with van der Waals surface area (Å²) in [6.45, 7) is 6.03. The lowest BCUT2D eigenvalue weighted by atomic mass is 9.97. The Morgan fingerprint density at radius 2 is 1.65 bits per heavy atom. The van der Waals surface area contributed by atoms with Crippen LogP contribution >= 0.6 is 0 Å². The van der Waals surface area contributed by atoms with Crippen LogP contribution in [0.3, 0.4) is 0 Å². The molecule has 1 amide bonds. The number of carbonyl (C=O) groups excluding carboxylic acids is 1. The summed E-state index contributed by atoms with van der Waals surface area (Å²) in [6.07, 6.45) is 7.72. The third kappa shape index (κ3) is 6.20. The zero-order chi connectivity index (χ0) is 22.4. The molecule has 2 aromatic carbocycles. The molecule has 1 N–H and O–H groups in total. The highest BCUT2D eigenvalue weighted by Gasteiger charge is 2.27. The normalized spacial score (nSPS) is 14.1. The Bertz CT molecular complexity index is 1040. The number of rotatable bonds is 8. The Morgan fingerprint density at radius 3 is 2.26 bits per heavy atom. The molecular weight excluding hydrogens is 408 g/mol. The number of aryl methyl sites for hydroxylation is 3.